The van der Waals surface area contributed by atoms with E-state index in [1.165, 1.54) is 18.3 Å². The van der Waals surface area contributed by atoms with Gasteiger partial charge in [0, 0.05) is 23.2 Å². The first-order valence-corrected chi connectivity index (χ1v) is 8.82. The van der Waals surface area contributed by atoms with Crippen molar-refractivity contribution in [3.63, 3.8) is 0 Å². The average Bonchev–Trinajstić information content (AvgIpc) is 2.66. The van der Waals surface area contributed by atoms with Gasteiger partial charge in [-0.1, -0.05) is 23.2 Å². The summed E-state index contributed by atoms with van der Waals surface area (Å²) in [6.07, 6.45) is 1.43. The van der Waals surface area contributed by atoms with E-state index in [9.17, 15) is 10.1 Å². The molecule has 1 amide bonds. The Morgan fingerprint density at radius 2 is 2.15 bits per heavy atom. The van der Waals surface area contributed by atoms with Gasteiger partial charge in [-0.3, -0.25) is 9.78 Å². The van der Waals surface area contributed by atoms with E-state index in [1.54, 1.807) is 12.1 Å². The number of pyridine rings is 1. The van der Waals surface area contributed by atoms with Crippen LogP contribution >= 0.6 is 23.2 Å². The van der Waals surface area contributed by atoms with Gasteiger partial charge in [0.2, 0.25) is 0 Å². The van der Waals surface area contributed by atoms with Gasteiger partial charge in [-0.05, 0) is 30.3 Å². The van der Waals surface area contributed by atoms with Gasteiger partial charge in [0.25, 0.3) is 5.91 Å². The Morgan fingerprint density at radius 3 is 2.93 bits per heavy atom. The van der Waals surface area contributed by atoms with Crippen LogP contribution in [0.1, 0.15) is 15.9 Å². The van der Waals surface area contributed by atoms with Gasteiger partial charge in [-0.25, -0.2) is 0 Å². The van der Waals surface area contributed by atoms with E-state index in [2.05, 4.69) is 21.7 Å². The maximum atomic E-state index is 12.7. The first-order valence-electron chi connectivity index (χ1n) is 8.07. The van der Waals surface area contributed by atoms with Gasteiger partial charge in [0.15, 0.2) is 0 Å². The number of hydrogen-bond acceptors (Lipinski definition) is 5. The van der Waals surface area contributed by atoms with Crippen molar-refractivity contribution in [2.24, 2.45) is 0 Å². The van der Waals surface area contributed by atoms with Crippen molar-refractivity contribution in [1.29, 1.82) is 5.26 Å². The summed E-state index contributed by atoms with van der Waals surface area (Å²) in [6.45, 7) is 1.24. The maximum absolute atomic E-state index is 12.7. The summed E-state index contributed by atoms with van der Waals surface area (Å²) in [7, 11) is 0. The molecule has 6 nitrogen and oxygen atoms in total. The molecule has 1 aromatic heterocycles. The van der Waals surface area contributed by atoms with Gasteiger partial charge >= 0.3 is 0 Å². The summed E-state index contributed by atoms with van der Waals surface area (Å²) in [5.74, 6) is 0.197. The number of ether oxygens (including phenoxy) is 1. The second-order valence-electron chi connectivity index (χ2n) is 5.88. The topological polar surface area (TPSA) is 87.0 Å². The highest BCUT2D eigenvalue weighted by Gasteiger charge is 2.19. The van der Waals surface area contributed by atoms with Crippen LogP contribution in [0, 0.1) is 11.3 Å². The number of nitriles is 1. The van der Waals surface area contributed by atoms with Crippen molar-refractivity contribution in [2.45, 2.75) is 0 Å². The third kappa shape index (κ3) is 3.23. The number of amides is 1. The lowest BCUT2D eigenvalue weighted by Gasteiger charge is -2.20. The van der Waals surface area contributed by atoms with Crippen molar-refractivity contribution < 1.29 is 9.53 Å². The quantitative estimate of drug-likeness (QED) is 0.664. The Kier molecular flexibility index (Phi) is 4.48. The highest BCUT2D eigenvalue weighted by atomic mass is 35.5. The first kappa shape index (κ1) is 17.4. The fraction of sp³-hybridized carbons (Fsp3) is 0.105. The Morgan fingerprint density at radius 1 is 1.30 bits per heavy atom. The fourth-order valence-corrected chi connectivity index (χ4v) is 3.39. The molecule has 0 aliphatic carbocycles. The minimum atomic E-state index is -0.447. The van der Waals surface area contributed by atoms with Crippen molar-refractivity contribution in [3.8, 4) is 11.8 Å². The number of aromatic nitrogens is 1. The summed E-state index contributed by atoms with van der Waals surface area (Å²) in [4.78, 5) is 17.1. The average molecular weight is 399 g/mol. The molecule has 27 heavy (non-hydrogen) atoms. The van der Waals surface area contributed by atoms with E-state index in [4.69, 9.17) is 27.9 Å². The number of nitrogens with zero attached hydrogens (tertiary/aromatic N) is 2. The minimum absolute atomic E-state index is 0.224. The number of benzene rings is 2. The molecule has 0 bridgehead atoms. The monoisotopic (exact) mass is 398 g/mol. The number of carbonyl (C=O) groups excluding carboxylic acids is 1. The Balaban J connectivity index is 1.82. The Bertz CT molecular complexity index is 1120. The van der Waals surface area contributed by atoms with E-state index in [1.807, 2.05) is 6.07 Å². The zero-order valence-electron chi connectivity index (χ0n) is 13.8. The van der Waals surface area contributed by atoms with E-state index >= 15 is 0 Å². The van der Waals surface area contributed by atoms with Crippen LogP contribution in [0.3, 0.4) is 0 Å². The number of carbonyl (C=O) groups is 1. The molecule has 2 heterocycles. The summed E-state index contributed by atoms with van der Waals surface area (Å²) in [5.41, 5.74) is 2.30. The Labute approximate surface area is 164 Å². The van der Waals surface area contributed by atoms with Crippen molar-refractivity contribution >= 4 is 51.4 Å². The molecule has 0 unspecified atom stereocenters. The molecule has 2 N–H and O–H groups in total. The van der Waals surface area contributed by atoms with Crippen molar-refractivity contribution in [1.82, 2.24) is 4.98 Å². The first-order chi connectivity index (χ1) is 13.1. The molecule has 0 spiro atoms. The molecule has 0 atom stereocenters. The standard InChI is InChI=1S/C19H12Cl2N4O2/c20-11-1-2-12(14(21)5-11)19(26)25-18-10(8-22)9-24-15-7-16-17(6-13(15)18)27-4-3-23-16/h1-2,5-7,9,23H,3-4H2,(H,24,25,26). The van der Waals surface area contributed by atoms with Gasteiger partial charge in [0.05, 0.1) is 33.0 Å². The molecule has 1 aliphatic rings. The van der Waals surface area contributed by atoms with Gasteiger partial charge in [0.1, 0.15) is 18.4 Å². The van der Waals surface area contributed by atoms with Gasteiger partial charge in [-0.2, -0.15) is 5.26 Å². The van der Waals surface area contributed by atoms with Crippen LogP contribution in [0.5, 0.6) is 5.75 Å². The molecule has 3 aromatic rings. The molecule has 0 saturated heterocycles. The number of hydrogen-bond donors (Lipinski definition) is 2. The number of nitrogens with one attached hydrogen (secondary N) is 2. The van der Waals surface area contributed by atoms with Crippen LogP contribution in [-0.2, 0) is 0 Å². The van der Waals surface area contributed by atoms with Crippen LogP contribution < -0.4 is 15.4 Å². The van der Waals surface area contributed by atoms with Gasteiger partial charge < -0.3 is 15.4 Å². The minimum Gasteiger partial charge on any atom is -0.490 e. The molecule has 0 fully saturated rings. The predicted octanol–water partition coefficient (Wildman–Crippen LogP) is 4.47. The largest absolute Gasteiger partial charge is 0.490 e. The third-order valence-electron chi connectivity index (χ3n) is 4.18. The van der Waals surface area contributed by atoms with E-state index in [0.29, 0.717) is 40.5 Å². The lowest BCUT2D eigenvalue weighted by Crippen LogP contribution is -2.18. The third-order valence-corrected chi connectivity index (χ3v) is 4.73. The van der Waals surface area contributed by atoms with Gasteiger partial charge in [-0.15, -0.1) is 0 Å². The molecule has 1 aliphatic heterocycles. The van der Waals surface area contributed by atoms with E-state index < -0.39 is 5.91 Å². The smallest absolute Gasteiger partial charge is 0.257 e. The zero-order valence-corrected chi connectivity index (χ0v) is 15.4. The number of halogens is 2. The second-order valence-corrected chi connectivity index (χ2v) is 6.72. The number of anilines is 2. The molecule has 0 saturated carbocycles. The van der Waals surface area contributed by atoms with Crippen LogP contribution in [0.15, 0.2) is 36.5 Å². The molecule has 0 radical (unpaired) electrons. The molecule has 134 valence electrons. The normalized spacial score (nSPS) is 12.5. The SMILES string of the molecule is N#Cc1cnc2cc3c(cc2c1NC(=O)c1ccc(Cl)cc1Cl)OCCN3. The Hall–Kier alpha value is -3.01. The summed E-state index contributed by atoms with van der Waals surface area (Å²) in [6, 6.07) is 10.3. The van der Waals surface area contributed by atoms with Crippen LogP contribution in [0.4, 0.5) is 11.4 Å². The molecule has 4 rings (SSSR count). The van der Waals surface area contributed by atoms with Crippen LogP contribution in [0.25, 0.3) is 10.9 Å². The molecular weight excluding hydrogens is 387 g/mol. The van der Waals surface area contributed by atoms with Crippen molar-refractivity contribution in [2.75, 3.05) is 23.8 Å². The fourth-order valence-electron chi connectivity index (χ4n) is 2.90. The summed E-state index contributed by atoms with van der Waals surface area (Å²) < 4.78 is 5.66. The highest BCUT2D eigenvalue weighted by Crippen LogP contribution is 2.36. The number of fused-ring (bicyclic) bond motifs is 2. The highest BCUT2D eigenvalue weighted by molar-refractivity contribution is 6.37. The maximum Gasteiger partial charge on any atom is 0.257 e. The summed E-state index contributed by atoms with van der Waals surface area (Å²) in [5, 5.41) is 16.7. The van der Waals surface area contributed by atoms with Crippen molar-refractivity contribution in [3.05, 3.63) is 57.7 Å². The van der Waals surface area contributed by atoms with E-state index in [0.717, 1.165) is 5.69 Å². The molecule has 8 heteroatoms. The zero-order chi connectivity index (χ0) is 19.0. The predicted molar refractivity (Wildman–Crippen MR) is 105 cm³/mol. The lowest BCUT2D eigenvalue weighted by atomic mass is 10.1. The lowest BCUT2D eigenvalue weighted by molar-refractivity contribution is 0.102. The van der Waals surface area contributed by atoms with Crippen LogP contribution in [0.2, 0.25) is 10.0 Å². The molecule has 2 aromatic carbocycles. The van der Waals surface area contributed by atoms with Crippen LogP contribution in [-0.4, -0.2) is 24.0 Å². The number of rotatable bonds is 2. The van der Waals surface area contributed by atoms with E-state index in [-0.39, 0.29) is 16.1 Å². The summed E-state index contributed by atoms with van der Waals surface area (Å²) >= 11 is 12.0. The molecular formula is C19H12Cl2N4O2. The second kappa shape index (κ2) is 6.95.